The van der Waals surface area contributed by atoms with E-state index in [1.165, 1.54) is 0 Å². The molecule has 0 spiro atoms. The molecule has 2 rings (SSSR count). The van der Waals surface area contributed by atoms with E-state index in [-0.39, 0.29) is 27.7 Å². The van der Waals surface area contributed by atoms with Crippen LogP contribution >= 0.6 is 0 Å². The van der Waals surface area contributed by atoms with E-state index in [2.05, 4.69) is 9.97 Å². The van der Waals surface area contributed by atoms with Crippen LogP contribution in [-0.4, -0.2) is 19.8 Å². The summed E-state index contributed by atoms with van der Waals surface area (Å²) in [6, 6.07) is 1.65. The van der Waals surface area contributed by atoms with Gasteiger partial charge in [-0.2, -0.15) is 4.98 Å². The van der Waals surface area contributed by atoms with Crippen LogP contribution in [0.5, 0.6) is 0 Å². The van der Waals surface area contributed by atoms with Crippen LogP contribution in [-0.2, 0) is 0 Å². The zero-order valence-corrected chi connectivity index (χ0v) is 9.55. The maximum absolute atomic E-state index is 10.9. The highest BCUT2D eigenvalue weighted by Gasteiger charge is 2.25. The van der Waals surface area contributed by atoms with Crippen LogP contribution < -0.4 is 11.0 Å². The predicted molar refractivity (Wildman–Crippen MR) is 62.8 cm³/mol. The van der Waals surface area contributed by atoms with Crippen LogP contribution in [0.1, 0.15) is 0 Å². The maximum atomic E-state index is 10.9. The summed E-state index contributed by atoms with van der Waals surface area (Å²) in [6.07, 6.45) is 0. The van der Waals surface area contributed by atoms with E-state index in [0.717, 1.165) is 6.07 Å². The average Bonchev–Trinajstić information content (AvgIpc) is 2.44. The molecule has 0 aliphatic carbocycles. The quantitative estimate of drug-likeness (QED) is 0.517. The first-order valence-corrected chi connectivity index (χ1v) is 5.03. The van der Waals surface area contributed by atoms with E-state index in [1.807, 2.05) is 0 Å². The van der Waals surface area contributed by atoms with Gasteiger partial charge in [-0.05, 0) is 0 Å². The topological polar surface area (TPSA) is 191 Å². The number of non-ortho nitro benzene ring substituents is 2. The van der Waals surface area contributed by atoms with E-state index < -0.39 is 27.2 Å². The first-order valence-electron chi connectivity index (χ1n) is 5.03. The molecule has 0 amide bonds. The fourth-order valence-corrected chi connectivity index (χ4v) is 1.63. The summed E-state index contributed by atoms with van der Waals surface area (Å²) in [4.78, 5) is 27.1. The Hall–Kier alpha value is -2.80. The van der Waals surface area contributed by atoms with Gasteiger partial charge in [0.2, 0.25) is 5.82 Å². The van der Waals surface area contributed by atoms with Crippen LogP contribution in [0.3, 0.4) is 0 Å². The molecule has 0 aliphatic rings. The molecule has 0 unspecified atom stereocenters. The number of nitro benzene ring substituents is 2. The highest BCUT2D eigenvalue weighted by molar-refractivity contribution is 5.94. The number of nitrogens with zero attached hydrogens (tertiary/aromatic N) is 4. The zero-order chi connectivity index (χ0) is 14.9. The predicted octanol–water partition coefficient (Wildman–Crippen LogP) is -1.17. The van der Waals surface area contributed by atoms with Crippen molar-refractivity contribution in [2.75, 3.05) is 0 Å². The monoisotopic (exact) mass is 282 g/mol. The van der Waals surface area contributed by atoms with Crippen LogP contribution in [0.15, 0.2) is 12.1 Å². The molecule has 0 saturated heterocycles. The minimum atomic E-state index is -0.883. The second-order valence-corrected chi connectivity index (χ2v) is 3.58. The molecule has 104 valence electrons. The Morgan fingerprint density at radius 3 is 2.20 bits per heavy atom. The van der Waals surface area contributed by atoms with Gasteiger partial charge in [-0.1, -0.05) is 0 Å². The number of hydrogen-bond donors (Lipinski definition) is 2. The Kier molecular flexibility index (Phi) is 3.45. The number of nitrogens with two attached hydrogens (primary N) is 2. The summed E-state index contributed by atoms with van der Waals surface area (Å²) in [7, 11) is 0. The van der Waals surface area contributed by atoms with Crippen molar-refractivity contribution in [3.8, 4) is 0 Å². The van der Waals surface area contributed by atoms with Crippen molar-refractivity contribution >= 4 is 34.0 Å². The molecule has 0 atom stereocenters. The number of quaternary nitrogens is 2. The summed E-state index contributed by atoms with van der Waals surface area (Å²) in [6.45, 7) is 0. The van der Waals surface area contributed by atoms with Gasteiger partial charge in [0, 0.05) is 6.07 Å². The van der Waals surface area contributed by atoms with Gasteiger partial charge in [-0.15, -0.1) is 4.98 Å². The minimum absolute atomic E-state index is 0.161. The summed E-state index contributed by atoms with van der Waals surface area (Å²) < 4.78 is 0. The SMILES string of the molecule is O=[N+]([O-])c1cc([N+](=O)[O-])c2nc([NH2+][O-])nc([NH2+][O-])c2c1. The number of aromatic nitrogens is 2. The Morgan fingerprint density at radius 1 is 1.00 bits per heavy atom. The van der Waals surface area contributed by atoms with Gasteiger partial charge in [-0.3, -0.25) is 20.2 Å². The normalized spacial score (nSPS) is 10.7. The fraction of sp³-hybridized carbons (Fsp3) is 0. The highest BCUT2D eigenvalue weighted by atomic mass is 16.6. The van der Waals surface area contributed by atoms with Gasteiger partial charge in [-0.25, -0.2) is 0 Å². The molecule has 4 N–H and O–H groups in total. The Labute approximate surface area is 108 Å². The van der Waals surface area contributed by atoms with E-state index in [4.69, 9.17) is 0 Å². The summed E-state index contributed by atoms with van der Waals surface area (Å²) >= 11 is 0. The lowest BCUT2D eigenvalue weighted by molar-refractivity contribution is -0.515. The summed E-state index contributed by atoms with van der Waals surface area (Å²) in [5.41, 5.74) is -1.10. The van der Waals surface area contributed by atoms with E-state index in [1.54, 1.807) is 0 Å². The van der Waals surface area contributed by atoms with Gasteiger partial charge in [0.15, 0.2) is 5.52 Å². The largest absolute Gasteiger partial charge is 0.629 e. The Balaban J connectivity index is 2.92. The molecule has 0 radical (unpaired) electrons. The van der Waals surface area contributed by atoms with Crippen molar-refractivity contribution in [2.24, 2.45) is 0 Å². The third-order valence-corrected chi connectivity index (χ3v) is 2.44. The summed E-state index contributed by atoms with van der Waals surface area (Å²) in [5, 5.41) is 43.1. The number of hydrogen-bond acceptors (Lipinski definition) is 8. The lowest BCUT2D eigenvalue weighted by atomic mass is 10.2. The molecule has 1 aromatic heterocycles. The van der Waals surface area contributed by atoms with Gasteiger partial charge in [0.1, 0.15) is 0 Å². The van der Waals surface area contributed by atoms with E-state index >= 15 is 0 Å². The minimum Gasteiger partial charge on any atom is -0.629 e. The molecule has 0 bridgehead atoms. The molecule has 0 aliphatic heterocycles. The highest BCUT2D eigenvalue weighted by Crippen LogP contribution is 2.31. The van der Waals surface area contributed by atoms with Gasteiger partial charge >= 0.3 is 11.6 Å². The molecule has 12 nitrogen and oxygen atoms in total. The van der Waals surface area contributed by atoms with Crippen molar-refractivity contribution < 1.29 is 20.8 Å². The number of nitro groups is 2. The molecular formula is C8H6N6O6. The van der Waals surface area contributed by atoms with E-state index in [0.29, 0.717) is 6.07 Å². The molecule has 0 fully saturated rings. The third kappa shape index (κ3) is 2.21. The van der Waals surface area contributed by atoms with Crippen molar-refractivity contribution in [3.05, 3.63) is 42.8 Å². The Morgan fingerprint density at radius 2 is 1.70 bits per heavy atom. The molecular weight excluding hydrogens is 276 g/mol. The van der Waals surface area contributed by atoms with Crippen molar-refractivity contribution in [3.63, 3.8) is 0 Å². The number of rotatable bonds is 4. The first-order chi connectivity index (χ1) is 9.47. The second kappa shape index (κ2) is 5.06. The van der Waals surface area contributed by atoms with Crippen LogP contribution in [0.2, 0.25) is 0 Å². The molecule has 1 heterocycles. The fourth-order valence-electron chi connectivity index (χ4n) is 1.63. The lowest BCUT2D eigenvalue weighted by Gasteiger charge is -2.07. The number of benzene rings is 1. The van der Waals surface area contributed by atoms with Crippen LogP contribution in [0.25, 0.3) is 10.9 Å². The van der Waals surface area contributed by atoms with Gasteiger partial charge in [0.25, 0.3) is 5.69 Å². The van der Waals surface area contributed by atoms with Gasteiger partial charge in [0.05, 0.1) is 21.3 Å². The molecule has 1 aromatic carbocycles. The first kappa shape index (κ1) is 13.6. The molecule has 12 heteroatoms. The standard InChI is InChI=1S/C8H6N6O6/c15-11-7-4-1-3(13(17)18)2-5(14(19)20)6(4)9-8(10-7)12-16/h1-2H,11-12H2. The van der Waals surface area contributed by atoms with Crippen molar-refractivity contribution in [1.82, 2.24) is 9.97 Å². The van der Waals surface area contributed by atoms with Crippen molar-refractivity contribution in [1.29, 1.82) is 0 Å². The maximum Gasteiger partial charge on any atom is 0.331 e. The average molecular weight is 282 g/mol. The second-order valence-electron chi connectivity index (χ2n) is 3.58. The Bertz CT molecular complexity index is 718. The van der Waals surface area contributed by atoms with Gasteiger partial charge < -0.3 is 21.4 Å². The lowest BCUT2D eigenvalue weighted by Crippen LogP contribution is -2.74. The zero-order valence-electron chi connectivity index (χ0n) is 9.55. The van der Waals surface area contributed by atoms with Crippen LogP contribution in [0, 0.1) is 30.6 Å². The van der Waals surface area contributed by atoms with Crippen LogP contribution in [0.4, 0.5) is 23.1 Å². The summed E-state index contributed by atoms with van der Waals surface area (Å²) in [5.74, 6) is -0.750. The molecule has 0 saturated carbocycles. The third-order valence-electron chi connectivity index (χ3n) is 2.44. The molecule has 2 aromatic rings. The molecule has 20 heavy (non-hydrogen) atoms. The van der Waals surface area contributed by atoms with Crippen molar-refractivity contribution in [2.45, 2.75) is 0 Å². The van der Waals surface area contributed by atoms with E-state index in [9.17, 15) is 30.6 Å². The smallest absolute Gasteiger partial charge is 0.331 e. The number of fused-ring (bicyclic) bond motifs is 1.